The highest BCUT2D eigenvalue weighted by Gasteiger charge is 2.39. The molecule has 2 fully saturated rings. The highest BCUT2D eigenvalue weighted by Crippen LogP contribution is 2.35. The van der Waals surface area contributed by atoms with Crippen LogP contribution in [0.4, 0.5) is 0 Å². The normalized spacial score (nSPS) is 29.4. The quantitative estimate of drug-likeness (QED) is 0.776. The molecule has 2 unspecified atom stereocenters. The van der Waals surface area contributed by atoms with Crippen LogP contribution in [0.2, 0.25) is 0 Å². The van der Waals surface area contributed by atoms with E-state index in [9.17, 15) is 4.79 Å². The Morgan fingerprint density at radius 3 is 2.45 bits per heavy atom. The zero-order chi connectivity index (χ0) is 14.3. The van der Waals surface area contributed by atoms with Gasteiger partial charge in [-0.2, -0.15) is 0 Å². The summed E-state index contributed by atoms with van der Waals surface area (Å²) >= 11 is 0. The van der Waals surface area contributed by atoms with Crippen molar-refractivity contribution in [1.29, 1.82) is 0 Å². The Morgan fingerprint density at radius 2 is 1.85 bits per heavy atom. The average Bonchev–Trinajstić information content (AvgIpc) is 2.62. The average molecular weight is 273 g/mol. The number of nitrogens with zero attached hydrogens (tertiary/aromatic N) is 1. The van der Waals surface area contributed by atoms with Crippen molar-refractivity contribution in [2.24, 2.45) is 0 Å². The molecule has 1 aromatic rings. The fourth-order valence-electron chi connectivity index (χ4n) is 3.72. The Morgan fingerprint density at radius 1 is 1.20 bits per heavy atom. The van der Waals surface area contributed by atoms with Crippen LogP contribution in [0.5, 0.6) is 0 Å². The Balaban J connectivity index is 1.68. The standard InChI is InChI=1S/C17H23NO2/c1-11-4-7-16(12(2)8-11)17(19)20-15-9-13-5-6-14(10-15)18(13)3/h4,7-8,13-15H,5-6,9-10H2,1-3H3. The monoisotopic (exact) mass is 273 g/mol. The predicted molar refractivity (Wildman–Crippen MR) is 78.9 cm³/mol. The van der Waals surface area contributed by atoms with Gasteiger partial charge in [0.25, 0.3) is 0 Å². The summed E-state index contributed by atoms with van der Waals surface area (Å²) in [4.78, 5) is 14.8. The minimum Gasteiger partial charge on any atom is -0.459 e. The fraction of sp³-hybridized carbons (Fsp3) is 0.588. The molecule has 108 valence electrons. The number of hydrogen-bond acceptors (Lipinski definition) is 3. The number of carbonyl (C=O) groups is 1. The summed E-state index contributed by atoms with van der Waals surface area (Å²) in [6.07, 6.45) is 4.57. The topological polar surface area (TPSA) is 29.5 Å². The fourth-order valence-corrected chi connectivity index (χ4v) is 3.72. The third-order valence-electron chi connectivity index (χ3n) is 4.93. The Kier molecular flexibility index (Phi) is 3.55. The summed E-state index contributed by atoms with van der Waals surface area (Å²) in [5.74, 6) is -0.156. The van der Waals surface area contributed by atoms with Crippen LogP contribution in [-0.2, 0) is 4.74 Å². The number of esters is 1. The Labute approximate surface area is 120 Å². The van der Waals surface area contributed by atoms with E-state index in [4.69, 9.17) is 4.74 Å². The first-order chi connectivity index (χ1) is 9.54. The highest BCUT2D eigenvalue weighted by molar-refractivity contribution is 5.91. The maximum absolute atomic E-state index is 12.3. The third-order valence-corrected chi connectivity index (χ3v) is 4.93. The second-order valence-corrected chi connectivity index (χ2v) is 6.37. The zero-order valence-corrected chi connectivity index (χ0v) is 12.6. The third kappa shape index (κ3) is 2.47. The first-order valence-electron chi connectivity index (χ1n) is 7.55. The van der Waals surface area contributed by atoms with Crippen LogP contribution in [0.3, 0.4) is 0 Å². The molecule has 0 radical (unpaired) electrons. The summed E-state index contributed by atoms with van der Waals surface area (Å²) in [5.41, 5.74) is 2.89. The van der Waals surface area contributed by atoms with Gasteiger partial charge >= 0.3 is 5.97 Å². The lowest BCUT2D eigenvalue weighted by Crippen LogP contribution is -2.43. The van der Waals surface area contributed by atoms with Crippen LogP contribution in [0.25, 0.3) is 0 Å². The number of fused-ring (bicyclic) bond motifs is 2. The van der Waals surface area contributed by atoms with Crippen LogP contribution >= 0.6 is 0 Å². The van der Waals surface area contributed by atoms with E-state index in [1.54, 1.807) is 0 Å². The van der Waals surface area contributed by atoms with E-state index < -0.39 is 0 Å². The predicted octanol–water partition coefficient (Wildman–Crippen LogP) is 3.09. The van der Waals surface area contributed by atoms with Gasteiger partial charge in [0, 0.05) is 24.9 Å². The van der Waals surface area contributed by atoms with E-state index in [1.165, 1.54) is 18.4 Å². The van der Waals surface area contributed by atoms with Gasteiger partial charge in [-0.05, 0) is 45.4 Å². The summed E-state index contributed by atoms with van der Waals surface area (Å²) in [6, 6.07) is 7.10. The van der Waals surface area contributed by atoms with Gasteiger partial charge in [0.15, 0.2) is 0 Å². The van der Waals surface area contributed by atoms with E-state index in [-0.39, 0.29) is 12.1 Å². The maximum Gasteiger partial charge on any atom is 0.338 e. The van der Waals surface area contributed by atoms with Crippen LogP contribution in [-0.4, -0.2) is 36.1 Å². The van der Waals surface area contributed by atoms with Crippen LogP contribution in [0.15, 0.2) is 18.2 Å². The molecule has 2 heterocycles. The largest absolute Gasteiger partial charge is 0.459 e. The van der Waals surface area contributed by atoms with Gasteiger partial charge in [0.1, 0.15) is 6.10 Å². The highest BCUT2D eigenvalue weighted by atomic mass is 16.5. The van der Waals surface area contributed by atoms with Gasteiger partial charge in [0.2, 0.25) is 0 Å². The maximum atomic E-state index is 12.3. The van der Waals surface area contributed by atoms with Crippen molar-refractivity contribution >= 4 is 5.97 Å². The van der Waals surface area contributed by atoms with E-state index in [2.05, 4.69) is 11.9 Å². The second kappa shape index (κ2) is 5.21. The van der Waals surface area contributed by atoms with Crippen LogP contribution in [0.1, 0.15) is 47.2 Å². The molecule has 2 aliphatic rings. The molecule has 2 aliphatic heterocycles. The molecule has 2 bridgehead atoms. The van der Waals surface area contributed by atoms with Crippen molar-refractivity contribution in [3.05, 3.63) is 34.9 Å². The molecule has 3 nitrogen and oxygen atoms in total. The molecule has 2 atom stereocenters. The first kappa shape index (κ1) is 13.6. The van der Waals surface area contributed by atoms with Gasteiger partial charge < -0.3 is 9.64 Å². The number of carbonyl (C=O) groups excluding carboxylic acids is 1. The van der Waals surface area contributed by atoms with Gasteiger partial charge in [-0.15, -0.1) is 0 Å². The molecular weight excluding hydrogens is 250 g/mol. The minimum atomic E-state index is -0.156. The van der Waals surface area contributed by atoms with E-state index in [0.717, 1.165) is 18.4 Å². The molecule has 0 amide bonds. The molecule has 3 rings (SSSR count). The number of benzene rings is 1. The molecule has 0 aliphatic carbocycles. The lowest BCUT2D eigenvalue weighted by Gasteiger charge is -2.35. The van der Waals surface area contributed by atoms with Crippen molar-refractivity contribution < 1.29 is 9.53 Å². The molecular formula is C17H23NO2. The smallest absolute Gasteiger partial charge is 0.338 e. The summed E-state index contributed by atoms with van der Waals surface area (Å²) < 4.78 is 5.76. The number of hydrogen-bond donors (Lipinski definition) is 0. The van der Waals surface area contributed by atoms with Gasteiger partial charge in [-0.1, -0.05) is 17.7 Å². The van der Waals surface area contributed by atoms with E-state index >= 15 is 0 Å². The summed E-state index contributed by atoms with van der Waals surface area (Å²) in [6.45, 7) is 4.01. The zero-order valence-electron chi connectivity index (χ0n) is 12.6. The first-order valence-corrected chi connectivity index (χ1v) is 7.55. The lowest BCUT2D eigenvalue weighted by atomic mass is 10.00. The van der Waals surface area contributed by atoms with Crippen molar-refractivity contribution in [3.8, 4) is 0 Å². The summed E-state index contributed by atoms with van der Waals surface area (Å²) in [7, 11) is 2.20. The van der Waals surface area contributed by atoms with Gasteiger partial charge in [0.05, 0.1) is 5.56 Å². The molecule has 0 saturated carbocycles. The van der Waals surface area contributed by atoms with Crippen LogP contribution in [0, 0.1) is 13.8 Å². The van der Waals surface area contributed by atoms with Gasteiger partial charge in [-0.3, -0.25) is 0 Å². The number of piperidine rings is 1. The second-order valence-electron chi connectivity index (χ2n) is 6.37. The SMILES string of the molecule is Cc1ccc(C(=O)OC2CC3CCC(C2)N3C)c(C)c1. The molecule has 0 spiro atoms. The van der Waals surface area contributed by atoms with E-state index in [1.807, 2.05) is 32.0 Å². The van der Waals surface area contributed by atoms with Crippen molar-refractivity contribution in [3.63, 3.8) is 0 Å². The molecule has 2 saturated heterocycles. The molecule has 1 aromatic carbocycles. The van der Waals surface area contributed by atoms with Crippen molar-refractivity contribution in [2.45, 2.75) is 57.7 Å². The van der Waals surface area contributed by atoms with E-state index in [0.29, 0.717) is 17.6 Å². The molecule has 0 aromatic heterocycles. The van der Waals surface area contributed by atoms with Gasteiger partial charge in [-0.25, -0.2) is 4.79 Å². The molecule has 3 heteroatoms. The molecule has 0 N–H and O–H groups in total. The number of rotatable bonds is 2. The summed E-state index contributed by atoms with van der Waals surface area (Å²) in [5, 5.41) is 0. The lowest BCUT2D eigenvalue weighted by molar-refractivity contribution is -0.000510. The van der Waals surface area contributed by atoms with Crippen molar-refractivity contribution in [1.82, 2.24) is 4.90 Å². The minimum absolute atomic E-state index is 0.0944. The Bertz CT molecular complexity index is 512. The Hall–Kier alpha value is -1.35. The number of ether oxygens (including phenoxy) is 1. The number of aryl methyl sites for hydroxylation is 2. The van der Waals surface area contributed by atoms with Crippen LogP contribution < -0.4 is 0 Å². The molecule has 20 heavy (non-hydrogen) atoms. The van der Waals surface area contributed by atoms with Crippen molar-refractivity contribution in [2.75, 3.05) is 7.05 Å².